The fourth-order valence-corrected chi connectivity index (χ4v) is 2.93. The summed E-state index contributed by atoms with van der Waals surface area (Å²) in [6, 6.07) is 2.06. The van der Waals surface area contributed by atoms with Crippen LogP contribution < -0.4 is 5.32 Å². The van der Waals surface area contributed by atoms with E-state index in [-0.39, 0.29) is 0 Å². The number of hydrogen-bond donors (Lipinski definition) is 1. The molecule has 0 spiro atoms. The Morgan fingerprint density at radius 3 is 2.85 bits per heavy atom. The first kappa shape index (κ1) is 17.6. The number of hydrogen-bond acceptors (Lipinski definition) is 6. The van der Waals surface area contributed by atoms with E-state index in [9.17, 15) is 0 Å². The van der Waals surface area contributed by atoms with Crippen molar-refractivity contribution in [2.24, 2.45) is 4.99 Å². The molecule has 3 rings (SSSR count). The molecule has 0 fully saturated rings. The summed E-state index contributed by atoms with van der Waals surface area (Å²) < 4.78 is 7.35. The van der Waals surface area contributed by atoms with Crippen molar-refractivity contribution >= 4 is 22.8 Å². The van der Waals surface area contributed by atoms with Gasteiger partial charge in [-0.1, -0.05) is 23.9 Å². The molecule has 1 N–H and O–H groups in total. The van der Waals surface area contributed by atoms with Gasteiger partial charge in [0.1, 0.15) is 5.76 Å². The number of nitrogens with zero attached hydrogens (tertiary/aromatic N) is 5. The maximum Gasteiger partial charge on any atom is 0.205 e. The summed E-state index contributed by atoms with van der Waals surface area (Å²) in [6.07, 6.45) is 7.34. The molecule has 0 aliphatic rings. The molecule has 3 aromatic heterocycles. The smallest absolute Gasteiger partial charge is 0.205 e. The van der Waals surface area contributed by atoms with E-state index in [2.05, 4.69) is 42.6 Å². The predicted octanol–water partition coefficient (Wildman–Crippen LogP) is 3.56. The van der Waals surface area contributed by atoms with Gasteiger partial charge in [0.15, 0.2) is 5.65 Å². The van der Waals surface area contributed by atoms with Crippen LogP contribution in [0.2, 0.25) is 0 Å². The van der Waals surface area contributed by atoms with Gasteiger partial charge in [-0.2, -0.15) is 4.98 Å². The Labute approximate surface area is 152 Å². The third-order valence-corrected chi connectivity index (χ3v) is 4.18. The fourth-order valence-electron chi connectivity index (χ4n) is 2.93. The molecule has 0 aliphatic heterocycles. The molecule has 3 aromatic rings. The van der Waals surface area contributed by atoms with Crippen molar-refractivity contribution in [1.82, 2.24) is 19.7 Å². The zero-order valence-electron chi connectivity index (χ0n) is 15.4. The molecule has 0 unspecified atom stereocenters. The van der Waals surface area contributed by atoms with Gasteiger partial charge in [0.2, 0.25) is 5.95 Å². The van der Waals surface area contributed by atoms with Crippen LogP contribution in [0.15, 0.2) is 46.6 Å². The van der Waals surface area contributed by atoms with Gasteiger partial charge in [-0.05, 0) is 26.0 Å². The molecule has 7 heteroatoms. The maximum atomic E-state index is 5.29. The Bertz CT molecular complexity index is 989. The zero-order chi connectivity index (χ0) is 18.7. The van der Waals surface area contributed by atoms with Crippen molar-refractivity contribution in [1.29, 1.82) is 0 Å². The highest BCUT2D eigenvalue weighted by Crippen LogP contribution is 2.29. The van der Waals surface area contributed by atoms with E-state index in [1.54, 1.807) is 19.3 Å². The summed E-state index contributed by atoms with van der Waals surface area (Å²) >= 11 is 0. The van der Waals surface area contributed by atoms with Crippen LogP contribution in [-0.2, 0) is 6.54 Å². The number of aromatic nitrogens is 4. The Balaban J connectivity index is 2.13. The second-order valence-electron chi connectivity index (χ2n) is 5.85. The molecule has 0 atom stereocenters. The van der Waals surface area contributed by atoms with Crippen LogP contribution in [0.1, 0.15) is 11.5 Å². The van der Waals surface area contributed by atoms with Crippen molar-refractivity contribution in [3.8, 4) is 11.1 Å². The van der Waals surface area contributed by atoms with Gasteiger partial charge in [-0.15, -0.1) is 0 Å². The number of aliphatic imine (C=N–C) groups is 1. The number of nitrogens with one attached hydrogen (secondary N) is 1. The third-order valence-electron chi connectivity index (χ3n) is 4.18. The molecule has 26 heavy (non-hydrogen) atoms. The maximum absolute atomic E-state index is 5.29. The molecule has 0 aliphatic carbocycles. The SMILES string of the molecule is C=C/C=C\C(Cn1c(NC)nc2ncc(-c3c(C)noc3C)cc21)=NC. The van der Waals surface area contributed by atoms with E-state index < -0.39 is 0 Å². The number of rotatable bonds is 6. The average molecular weight is 350 g/mol. The van der Waals surface area contributed by atoms with E-state index in [0.717, 1.165) is 39.8 Å². The van der Waals surface area contributed by atoms with Gasteiger partial charge in [0.25, 0.3) is 0 Å². The fraction of sp³-hybridized carbons (Fsp3) is 0.263. The van der Waals surface area contributed by atoms with E-state index >= 15 is 0 Å². The summed E-state index contributed by atoms with van der Waals surface area (Å²) in [7, 11) is 3.61. The molecule has 3 heterocycles. The lowest BCUT2D eigenvalue weighted by molar-refractivity contribution is 0.393. The molecule has 0 aromatic carbocycles. The van der Waals surface area contributed by atoms with Crippen LogP contribution in [0.4, 0.5) is 5.95 Å². The molecule has 0 radical (unpaired) electrons. The normalized spacial score (nSPS) is 12.2. The summed E-state index contributed by atoms with van der Waals surface area (Å²) in [6.45, 7) is 8.10. The molecule has 0 saturated heterocycles. The molecular formula is C19H22N6O. The van der Waals surface area contributed by atoms with Gasteiger partial charge < -0.3 is 14.4 Å². The average Bonchev–Trinajstić information content (AvgIpc) is 3.17. The van der Waals surface area contributed by atoms with Gasteiger partial charge in [-0.25, -0.2) is 4.98 Å². The van der Waals surface area contributed by atoms with Crippen molar-refractivity contribution in [3.63, 3.8) is 0 Å². The lowest BCUT2D eigenvalue weighted by Crippen LogP contribution is -2.11. The van der Waals surface area contributed by atoms with Crippen LogP contribution in [0, 0.1) is 13.8 Å². The van der Waals surface area contributed by atoms with Gasteiger partial charge in [0, 0.05) is 31.4 Å². The lowest BCUT2D eigenvalue weighted by Gasteiger charge is -2.09. The van der Waals surface area contributed by atoms with Crippen LogP contribution in [0.3, 0.4) is 0 Å². The van der Waals surface area contributed by atoms with Crippen LogP contribution in [0.25, 0.3) is 22.3 Å². The highest BCUT2D eigenvalue weighted by molar-refractivity contribution is 5.96. The first-order chi connectivity index (χ1) is 12.6. The summed E-state index contributed by atoms with van der Waals surface area (Å²) in [5.74, 6) is 1.50. The van der Waals surface area contributed by atoms with Crippen molar-refractivity contribution < 1.29 is 4.52 Å². The second kappa shape index (κ2) is 7.35. The largest absolute Gasteiger partial charge is 0.361 e. The Morgan fingerprint density at radius 2 is 2.23 bits per heavy atom. The summed E-state index contributed by atoms with van der Waals surface area (Å²) in [4.78, 5) is 13.4. The third kappa shape index (κ3) is 3.15. The standard InChI is InChI=1S/C19H22N6O/c1-6-7-8-15(20-4)11-25-16-9-14(17-12(2)24-26-13(17)3)10-22-18(16)23-19(25)21-5/h6-10H,1,11H2,2-5H3,(H,21,22,23)/b8-7-,20-15?. The van der Waals surface area contributed by atoms with Crippen molar-refractivity contribution in [3.05, 3.63) is 48.5 Å². The predicted molar refractivity (Wildman–Crippen MR) is 105 cm³/mol. The monoisotopic (exact) mass is 350 g/mol. The van der Waals surface area contributed by atoms with Gasteiger partial charge in [0.05, 0.1) is 23.5 Å². The molecule has 7 nitrogen and oxygen atoms in total. The van der Waals surface area contributed by atoms with Crippen molar-refractivity contribution in [2.75, 3.05) is 19.4 Å². The first-order valence-electron chi connectivity index (χ1n) is 8.31. The van der Waals surface area contributed by atoms with Crippen molar-refractivity contribution in [2.45, 2.75) is 20.4 Å². The number of anilines is 1. The lowest BCUT2D eigenvalue weighted by atomic mass is 10.1. The number of fused-ring (bicyclic) bond motifs is 1. The number of pyridine rings is 1. The van der Waals surface area contributed by atoms with E-state index in [1.807, 2.05) is 33.0 Å². The first-order valence-corrected chi connectivity index (χ1v) is 8.31. The zero-order valence-corrected chi connectivity index (χ0v) is 15.4. The number of imidazole rings is 1. The summed E-state index contributed by atoms with van der Waals surface area (Å²) in [5, 5.41) is 7.17. The molecular weight excluding hydrogens is 328 g/mol. The number of aryl methyl sites for hydroxylation is 2. The Morgan fingerprint density at radius 1 is 1.42 bits per heavy atom. The van der Waals surface area contributed by atoms with Crippen LogP contribution >= 0.6 is 0 Å². The van der Waals surface area contributed by atoms with Gasteiger partial charge >= 0.3 is 0 Å². The molecule has 0 amide bonds. The van der Waals surface area contributed by atoms with Crippen LogP contribution in [0.5, 0.6) is 0 Å². The minimum atomic E-state index is 0.570. The Hall–Kier alpha value is -3.22. The molecule has 0 bridgehead atoms. The second-order valence-corrected chi connectivity index (χ2v) is 5.85. The quantitative estimate of drug-likeness (QED) is 0.543. The minimum absolute atomic E-state index is 0.570. The summed E-state index contributed by atoms with van der Waals surface area (Å²) in [5.41, 5.74) is 5.26. The molecule has 134 valence electrons. The highest BCUT2D eigenvalue weighted by atomic mass is 16.5. The van der Waals surface area contributed by atoms with Gasteiger partial charge in [-0.3, -0.25) is 4.99 Å². The van der Waals surface area contributed by atoms with E-state index in [1.165, 1.54) is 0 Å². The topological polar surface area (TPSA) is 81.1 Å². The van der Waals surface area contributed by atoms with E-state index in [0.29, 0.717) is 12.2 Å². The minimum Gasteiger partial charge on any atom is -0.361 e. The molecule has 0 saturated carbocycles. The highest BCUT2D eigenvalue weighted by Gasteiger charge is 2.16. The number of allylic oxidation sites excluding steroid dienone is 3. The van der Waals surface area contributed by atoms with E-state index in [4.69, 9.17) is 4.52 Å². The van der Waals surface area contributed by atoms with Crippen LogP contribution in [-0.4, -0.2) is 39.5 Å². The Kier molecular flexibility index (Phi) is 4.97.